The number of halogens is 1. The van der Waals surface area contributed by atoms with Crippen LogP contribution in [0.1, 0.15) is 5.82 Å². The summed E-state index contributed by atoms with van der Waals surface area (Å²) in [5.74, 6) is 0.945. The van der Waals surface area contributed by atoms with Gasteiger partial charge in [0.1, 0.15) is 5.82 Å². The number of nitrogens with one attached hydrogen (secondary N) is 2. The van der Waals surface area contributed by atoms with E-state index in [1.54, 1.807) is 18.4 Å². The molecule has 0 fully saturated rings. The molecule has 6 heteroatoms. The van der Waals surface area contributed by atoms with Gasteiger partial charge in [0.25, 0.3) is 0 Å². The van der Waals surface area contributed by atoms with Gasteiger partial charge in [0.15, 0.2) is 0 Å². The van der Waals surface area contributed by atoms with Gasteiger partial charge in [0, 0.05) is 13.7 Å². The number of nitrogens with zero attached hydrogens (tertiary/aromatic N) is 1. The van der Waals surface area contributed by atoms with Crippen LogP contribution in [0.3, 0.4) is 0 Å². The molecule has 2 rings (SSSR count). The molecule has 2 heterocycles. The van der Waals surface area contributed by atoms with E-state index in [1.807, 2.05) is 12.3 Å². The maximum atomic E-state index is 4.96. The molecular weight excluding hydrogens is 302 g/mol. The van der Waals surface area contributed by atoms with E-state index < -0.39 is 0 Å². The van der Waals surface area contributed by atoms with Crippen LogP contribution < -0.4 is 5.32 Å². The monoisotopic (exact) mass is 315 g/mol. The maximum Gasteiger partial charge on any atom is 0.120 e. The highest BCUT2D eigenvalue weighted by Crippen LogP contribution is 2.29. The summed E-state index contributed by atoms with van der Waals surface area (Å²) in [6, 6.07) is 4.11. The Kier molecular flexibility index (Phi) is 4.73. The van der Waals surface area contributed by atoms with Crippen molar-refractivity contribution in [2.24, 2.45) is 0 Å². The SMILES string of the molecule is COCCNCc1ncc(-c2ccc(Br)s2)[nH]1. The van der Waals surface area contributed by atoms with Crippen molar-refractivity contribution >= 4 is 27.3 Å². The molecule has 0 saturated heterocycles. The second-order valence-corrected chi connectivity index (χ2v) is 5.98. The minimum atomic E-state index is 0.714. The van der Waals surface area contributed by atoms with Crippen molar-refractivity contribution in [3.63, 3.8) is 0 Å². The van der Waals surface area contributed by atoms with Crippen LogP contribution in [0.2, 0.25) is 0 Å². The third-order valence-electron chi connectivity index (χ3n) is 2.24. The minimum Gasteiger partial charge on any atom is -0.383 e. The first kappa shape index (κ1) is 12.8. The third-order valence-corrected chi connectivity index (χ3v) is 3.90. The van der Waals surface area contributed by atoms with Crippen molar-refractivity contribution in [1.29, 1.82) is 0 Å². The minimum absolute atomic E-state index is 0.714. The average Bonchev–Trinajstić information content (AvgIpc) is 2.93. The molecule has 0 aliphatic rings. The lowest BCUT2D eigenvalue weighted by Gasteiger charge is -2.00. The number of aromatic nitrogens is 2. The molecule has 0 aromatic carbocycles. The van der Waals surface area contributed by atoms with Crippen LogP contribution in [0.4, 0.5) is 0 Å². The van der Waals surface area contributed by atoms with Crippen LogP contribution in [0.25, 0.3) is 10.6 Å². The summed E-state index contributed by atoms with van der Waals surface area (Å²) in [6.45, 7) is 2.28. The highest BCUT2D eigenvalue weighted by Gasteiger charge is 2.05. The third kappa shape index (κ3) is 3.64. The van der Waals surface area contributed by atoms with Gasteiger partial charge in [-0.3, -0.25) is 0 Å². The smallest absolute Gasteiger partial charge is 0.120 e. The number of imidazole rings is 1. The number of rotatable bonds is 6. The van der Waals surface area contributed by atoms with E-state index in [0.717, 1.165) is 28.4 Å². The molecule has 0 spiro atoms. The number of thiophene rings is 1. The normalized spacial score (nSPS) is 10.9. The van der Waals surface area contributed by atoms with Crippen LogP contribution in [-0.4, -0.2) is 30.2 Å². The Hall–Kier alpha value is -0.690. The number of hydrogen-bond acceptors (Lipinski definition) is 4. The molecule has 0 amide bonds. The summed E-state index contributed by atoms with van der Waals surface area (Å²) in [5, 5.41) is 3.25. The maximum absolute atomic E-state index is 4.96. The first-order valence-electron chi connectivity index (χ1n) is 5.29. The van der Waals surface area contributed by atoms with E-state index in [0.29, 0.717) is 6.61 Å². The average molecular weight is 316 g/mol. The Bertz CT molecular complexity index is 469. The van der Waals surface area contributed by atoms with E-state index in [4.69, 9.17) is 4.74 Å². The molecule has 0 radical (unpaired) electrons. The van der Waals surface area contributed by atoms with Gasteiger partial charge in [-0.1, -0.05) is 0 Å². The van der Waals surface area contributed by atoms with Crippen molar-refractivity contribution in [2.75, 3.05) is 20.3 Å². The summed E-state index contributed by atoms with van der Waals surface area (Å²) < 4.78 is 6.09. The van der Waals surface area contributed by atoms with Crippen molar-refractivity contribution in [3.05, 3.63) is 27.9 Å². The quantitative estimate of drug-likeness (QED) is 0.806. The summed E-state index contributed by atoms with van der Waals surface area (Å²) in [6.07, 6.45) is 1.87. The predicted octanol–water partition coefficient (Wildman–Crippen LogP) is 2.64. The van der Waals surface area contributed by atoms with Crippen molar-refractivity contribution in [1.82, 2.24) is 15.3 Å². The van der Waals surface area contributed by atoms with E-state index in [1.165, 1.54) is 4.88 Å². The molecule has 2 aromatic rings. The molecule has 0 bridgehead atoms. The molecule has 0 unspecified atom stereocenters. The fourth-order valence-electron chi connectivity index (χ4n) is 1.42. The molecule has 2 N–H and O–H groups in total. The number of aromatic amines is 1. The van der Waals surface area contributed by atoms with Gasteiger partial charge < -0.3 is 15.0 Å². The molecule has 0 atom stereocenters. The zero-order chi connectivity index (χ0) is 12.1. The van der Waals surface area contributed by atoms with Gasteiger partial charge in [-0.2, -0.15) is 0 Å². The Labute approximate surface area is 113 Å². The lowest BCUT2D eigenvalue weighted by atomic mass is 10.4. The van der Waals surface area contributed by atoms with Crippen molar-refractivity contribution < 1.29 is 4.74 Å². The summed E-state index contributed by atoms with van der Waals surface area (Å²) in [7, 11) is 1.70. The predicted molar refractivity (Wildman–Crippen MR) is 73.2 cm³/mol. The van der Waals surface area contributed by atoms with Gasteiger partial charge in [-0.05, 0) is 28.1 Å². The van der Waals surface area contributed by atoms with Gasteiger partial charge in [0.2, 0.25) is 0 Å². The molecular formula is C11H14BrN3OS. The Morgan fingerprint density at radius 3 is 3.12 bits per heavy atom. The highest BCUT2D eigenvalue weighted by molar-refractivity contribution is 9.11. The van der Waals surface area contributed by atoms with Gasteiger partial charge >= 0.3 is 0 Å². The van der Waals surface area contributed by atoms with Gasteiger partial charge in [-0.25, -0.2) is 4.98 Å². The molecule has 17 heavy (non-hydrogen) atoms. The van der Waals surface area contributed by atoms with Gasteiger partial charge in [0.05, 0.1) is 33.7 Å². The first-order chi connectivity index (χ1) is 8.29. The fraction of sp³-hybridized carbons (Fsp3) is 0.364. The van der Waals surface area contributed by atoms with Crippen LogP contribution in [-0.2, 0) is 11.3 Å². The van der Waals surface area contributed by atoms with E-state index >= 15 is 0 Å². The molecule has 92 valence electrons. The van der Waals surface area contributed by atoms with Crippen molar-refractivity contribution in [2.45, 2.75) is 6.54 Å². The molecule has 0 saturated carbocycles. The van der Waals surface area contributed by atoms with Crippen LogP contribution in [0, 0.1) is 0 Å². The lowest BCUT2D eigenvalue weighted by molar-refractivity contribution is 0.199. The number of ether oxygens (including phenoxy) is 1. The van der Waals surface area contributed by atoms with Crippen LogP contribution in [0.15, 0.2) is 22.1 Å². The number of H-pyrrole nitrogens is 1. The van der Waals surface area contributed by atoms with Crippen LogP contribution in [0.5, 0.6) is 0 Å². The van der Waals surface area contributed by atoms with E-state index in [2.05, 4.69) is 37.3 Å². The molecule has 2 aromatic heterocycles. The number of hydrogen-bond donors (Lipinski definition) is 2. The number of methoxy groups -OCH3 is 1. The van der Waals surface area contributed by atoms with Gasteiger partial charge in [-0.15, -0.1) is 11.3 Å². The summed E-state index contributed by atoms with van der Waals surface area (Å²) in [5.41, 5.74) is 1.06. The zero-order valence-electron chi connectivity index (χ0n) is 9.50. The molecule has 0 aliphatic carbocycles. The zero-order valence-corrected chi connectivity index (χ0v) is 11.9. The second kappa shape index (κ2) is 6.30. The van der Waals surface area contributed by atoms with E-state index in [-0.39, 0.29) is 0 Å². The Morgan fingerprint density at radius 2 is 2.41 bits per heavy atom. The molecule has 0 aliphatic heterocycles. The van der Waals surface area contributed by atoms with Crippen molar-refractivity contribution in [3.8, 4) is 10.6 Å². The second-order valence-electron chi connectivity index (χ2n) is 3.52. The van der Waals surface area contributed by atoms with E-state index in [9.17, 15) is 0 Å². The Morgan fingerprint density at radius 1 is 1.53 bits per heavy atom. The highest BCUT2D eigenvalue weighted by atomic mass is 79.9. The molecule has 4 nitrogen and oxygen atoms in total. The fourth-order valence-corrected chi connectivity index (χ4v) is 2.77. The first-order valence-corrected chi connectivity index (χ1v) is 6.90. The van der Waals surface area contributed by atoms with Crippen LogP contribution >= 0.6 is 27.3 Å². The Balaban J connectivity index is 1.92. The largest absolute Gasteiger partial charge is 0.383 e. The summed E-state index contributed by atoms with van der Waals surface area (Å²) >= 11 is 5.14. The summed E-state index contributed by atoms with van der Waals surface area (Å²) in [4.78, 5) is 8.81. The topological polar surface area (TPSA) is 49.9 Å². The lowest BCUT2D eigenvalue weighted by Crippen LogP contribution is -2.19. The standard InChI is InChI=1S/C11H14BrN3OS/c1-16-5-4-13-7-11-14-6-8(15-11)9-2-3-10(12)17-9/h2-3,6,13H,4-5,7H2,1H3,(H,14,15).